The van der Waals surface area contributed by atoms with Gasteiger partial charge in [-0.1, -0.05) is 405 Å². The molecule has 3 N–H and O–H groups in total. The van der Waals surface area contributed by atoms with Gasteiger partial charge in [0.15, 0.2) is 12.2 Å². The van der Waals surface area contributed by atoms with E-state index in [4.69, 9.17) is 37.0 Å². The Morgan fingerprint density at radius 2 is 0.449 bits per heavy atom. The van der Waals surface area contributed by atoms with Crippen molar-refractivity contribution in [3.63, 3.8) is 0 Å². The summed E-state index contributed by atoms with van der Waals surface area (Å²) in [6.45, 7) is 4.96. The number of carbonyl (C=O) groups excluding carboxylic acids is 4. The van der Waals surface area contributed by atoms with Gasteiger partial charge in [-0.15, -0.1) is 0 Å². The van der Waals surface area contributed by atoms with E-state index >= 15 is 0 Å². The average molecular weight is 1560 g/mol. The molecule has 19 heteroatoms. The third-order valence-electron chi connectivity index (χ3n) is 20.2. The van der Waals surface area contributed by atoms with Crippen molar-refractivity contribution >= 4 is 39.5 Å². The highest BCUT2D eigenvalue weighted by Gasteiger charge is 2.30. The number of rotatable bonds is 87. The molecular formula is C88H168O17P2. The first-order valence-electron chi connectivity index (χ1n) is 45.1. The number of ether oxygens (including phenoxy) is 4. The third kappa shape index (κ3) is 81.4. The van der Waals surface area contributed by atoms with Crippen molar-refractivity contribution in [1.82, 2.24) is 0 Å². The van der Waals surface area contributed by atoms with Crippen LogP contribution in [0.5, 0.6) is 0 Å². The number of aliphatic hydroxyl groups is 1. The minimum Gasteiger partial charge on any atom is -0.462 e. The van der Waals surface area contributed by atoms with E-state index in [9.17, 15) is 43.2 Å². The fourth-order valence-electron chi connectivity index (χ4n) is 13.3. The number of hydrogen-bond acceptors (Lipinski definition) is 15. The number of phosphoric ester groups is 2. The maximum Gasteiger partial charge on any atom is 0.472 e. The second-order valence-electron chi connectivity index (χ2n) is 30.9. The van der Waals surface area contributed by atoms with Crippen LogP contribution in [-0.4, -0.2) is 96.7 Å². The molecule has 5 atom stereocenters. The van der Waals surface area contributed by atoms with Gasteiger partial charge in [-0.25, -0.2) is 9.13 Å². The molecule has 0 spiro atoms. The van der Waals surface area contributed by atoms with E-state index in [1.807, 2.05) is 0 Å². The lowest BCUT2D eigenvalue weighted by atomic mass is 10.0. The lowest BCUT2D eigenvalue weighted by Crippen LogP contribution is -2.30. The van der Waals surface area contributed by atoms with Crippen LogP contribution in [0.4, 0.5) is 0 Å². The monoisotopic (exact) mass is 1560 g/mol. The van der Waals surface area contributed by atoms with E-state index < -0.39 is 97.5 Å². The summed E-state index contributed by atoms with van der Waals surface area (Å²) >= 11 is 0. The first-order chi connectivity index (χ1) is 52.2. The van der Waals surface area contributed by atoms with Crippen molar-refractivity contribution in [3.8, 4) is 0 Å². The van der Waals surface area contributed by atoms with Crippen LogP contribution < -0.4 is 0 Å². The van der Waals surface area contributed by atoms with E-state index in [1.165, 1.54) is 270 Å². The Hall–Kier alpha value is -2.46. The first-order valence-corrected chi connectivity index (χ1v) is 48.1. The molecule has 0 radical (unpaired) electrons. The minimum absolute atomic E-state index is 0.0856. The molecule has 0 amide bonds. The minimum atomic E-state index is -4.97. The van der Waals surface area contributed by atoms with Crippen molar-refractivity contribution in [2.24, 2.45) is 0 Å². The van der Waals surface area contributed by atoms with Crippen molar-refractivity contribution in [2.45, 2.75) is 476 Å². The molecule has 0 fully saturated rings. The van der Waals surface area contributed by atoms with Crippen LogP contribution in [-0.2, 0) is 65.4 Å². The number of esters is 4. The summed E-state index contributed by atoms with van der Waals surface area (Å²) in [5.74, 6) is -2.13. The van der Waals surface area contributed by atoms with Gasteiger partial charge in [0.1, 0.15) is 19.3 Å². The number of unbranched alkanes of at least 4 members (excludes halogenated alkanes) is 58. The van der Waals surface area contributed by atoms with E-state index in [2.05, 4.69) is 52.0 Å². The average Bonchev–Trinajstić information content (AvgIpc) is 0.902. The predicted octanol–water partition coefficient (Wildman–Crippen LogP) is 26.9. The summed E-state index contributed by atoms with van der Waals surface area (Å²) in [5, 5.41) is 10.7. The maximum atomic E-state index is 13.2. The summed E-state index contributed by atoms with van der Waals surface area (Å²) in [6, 6.07) is 0. The summed E-state index contributed by atoms with van der Waals surface area (Å²) < 4.78 is 68.8. The highest BCUT2D eigenvalue weighted by Crippen LogP contribution is 2.45. The van der Waals surface area contributed by atoms with Crippen LogP contribution in [0, 0.1) is 0 Å². The molecule has 0 bridgehead atoms. The molecule has 0 saturated carbocycles. The number of hydrogen-bond donors (Lipinski definition) is 3. The molecule has 0 aliphatic rings. The summed E-state index contributed by atoms with van der Waals surface area (Å²) in [6.07, 6.45) is 80.3. The SMILES string of the molecule is CCCCCC/C=C\C=C/CCCCCCCC(=O)O[C@H](COC(=O)CCCCCCCCCC)COP(=O)(O)OC[C@H](O)COP(=O)(O)OC[C@@H](COC(=O)CCCCCCCCCCCCCCCCCCCCCCCC)OC(=O)CCCCCCCCCCCCCCCCCCCCCCCC. The van der Waals surface area contributed by atoms with Gasteiger partial charge in [0.05, 0.1) is 26.4 Å². The molecule has 0 aromatic rings. The van der Waals surface area contributed by atoms with Gasteiger partial charge in [0.2, 0.25) is 0 Å². The highest BCUT2D eigenvalue weighted by molar-refractivity contribution is 7.47. The van der Waals surface area contributed by atoms with Crippen LogP contribution in [0.15, 0.2) is 24.3 Å². The first kappa shape index (κ1) is 105. The molecule has 0 saturated heterocycles. The molecule has 0 heterocycles. The van der Waals surface area contributed by atoms with Crippen LogP contribution in [0.3, 0.4) is 0 Å². The highest BCUT2D eigenvalue weighted by atomic mass is 31.2. The lowest BCUT2D eigenvalue weighted by molar-refractivity contribution is -0.161. The number of aliphatic hydroxyl groups excluding tert-OH is 1. The molecule has 0 aromatic heterocycles. The molecule has 17 nitrogen and oxygen atoms in total. The van der Waals surface area contributed by atoms with Gasteiger partial charge in [-0.05, 0) is 51.4 Å². The fraction of sp³-hybridized carbons (Fsp3) is 0.909. The molecule has 0 aromatic carbocycles. The Morgan fingerprint density at radius 3 is 0.682 bits per heavy atom. The van der Waals surface area contributed by atoms with Crippen molar-refractivity contribution < 1.29 is 80.2 Å². The topological polar surface area (TPSA) is 237 Å². The standard InChI is InChI=1S/C88H168O17P2/c1-5-9-13-17-21-25-28-31-34-36-38-40-42-44-46-49-51-54-57-61-65-69-73-86(91)99-79-84(105-88(93)75-71-67-63-59-56-53-50-47-45-43-41-39-37-35-32-29-26-22-18-14-10-6-2)81-103-107(96,97)101-77-82(89)76-100-106(94,95)102-80-83(78-98-85(90)72-68-64-60-24-20-16-12-8-4)104-87(92)74-70-66-62-58-55-52-48-33-30-27-23-19-15-11-7-3/h27,30,33,48,82-84,89H,5-26,28-29,31-32,34-47,49-81H2,1-4H3,(H,94,95)(H,96,97)/b30-27-,48-33-/t82-,83+,84+/m0/s1. The number of allylic oxidation sites excluding steroid dienone is 4. The van der Waals surface area contributed by atoms with Gasteiger partial charge in [-0.2, -0.15) is 0 Å². The normalized spacial score (nSPS) is 13.8. The molecule has 632 valence electrons. The molecule has 0 aliphatic carbocycles. The number of carbonyl (C=O) groups is 4. The smallest absolute Gasteiger partial charge is 0.462 e. The Balaban J connectivity index is 5.19. The van der Waals surface area contributed by atoms with Crippen LogP contribution in [0.2, 0.25) is 0 Å². The van der Waals surface area contributed by atoms with Crippen LogP contribution in [0.25, 0.3) is 0 Å². The molecular weight excluding hydrogens is 1390 g/mol. The Kier molecular flexibility index (Phi) is 79.7. The molecule has 2 unspecified atom stereocenters. The second kappa shape index (κ2) is 81.6. The van der Waals surface area contributed by atoms with Crippen molar-refractivity contribution in [2.75, 3.05) is 39.6 Å². The van der Waals surface area contributed by atoms with Gasteiger partial charge < -0.3 is 33.8 Å². The van der Waals surface area contributed by atoms with Gasteiger partial charge >= 0.3 is 39.5 Å². The van der Waals surface area contributed by atoms with Gasteiger partial charge in [0, 0.05) is 25.7 Å². The number of phosphoric acid groups is 2. The van der Waals surface area contributed by atoms with E-state index in [0.29, 0.717) is 25.7 Å². The van der Waals surface area contributed by atoms with E-state index in [-0.39, 0.29) is 25.7 Å². The Labute approximate surface area is 656 Å². The molecule has 0 aliphatic heterocycles. The van der Waals surface area contributed by atoms with Crippen molar-refractivity contribution in [1.29, 1.82) is 0 Å². The second-order valence-corrected chi connectivity index (χ2v) is 33.9. The third-order valence-corrected chi connectivity index (χ3v) is 22.1. The summed E-state index contributed by atoms with van der Waals surface area (Å²) in [7, 11) is -9.94. The van der Waals surface area contributed by atoms with Crippen molar-refractivity contribution in [3.05, 3.63) is 24.3 Å². The summed E-state index contributed by atoms with van der Waals surface area (Å²) in [4.78, 5) is 73.1. The maximum absolute atomic E-state index is 13.2. The zero-order chi connectivity index (χ0) is 78.1. The molecule has 0 rings (SSSR count). The quantitative estimate of drug-likeness (QED) is 0.0169. The van der Waals surface area contributed by atoms with Gasteiger partial charge in [0.25, 0.3) is 0 Å². The zero-order valence-corrected chi connectivity index (χ0v) is 71.4. The van der Waals surface area contributed by atoms with Gasteiger partial charge in [-0.3, -0.25) is 37.3 Å². The van der Waals surface area contributed by atoms with E-state index in [0.717, 1.165) is 109 Å². The zero-order valence-electron chi connectivity index (χ0n) is 69.6. The van der Waals surface area contributed by atoms with E-state index in [1.54, 1.807) is 0 Å². The largest absolute Gasteiger partial charge is 0.472 e. The summed E-state index contributed by atoms with van der Waals surface area (Å²) in [5.41, 5.74) is 0. The fourth-order valence-corrected chi connectivity index (χ4v) is 14.9. The van der Waals surface area contributed by atoms with Crippen LogP contribution in [0.1, 0.15) is 458 Å². The predicted molar refractivity (Wildman–Crippen MR) is 441 cm³/mol. The lowest BCUT2D eigenvalue weighted by Gasteiger charge is -2.21. The molecule has 107 heavy (non-hydrogen) atoms. The van der Waals surface area contributed by atoms with Crippen LogP contribution >= 0.6 is 15.6 Å². The Morgan fingerprint density at radius 1 is 0.262 bits per heavy atom. The Bertz CT molecular complexity index is 2110.